The van der Waals surface area contributed by atoms with Crippen LogP contribution in [-0.4, -0.2) is 33.1 Å². The average molecular weight is 238 g/mol. The molecule has 0 saturated carbocycles. The number of rotatable bonds is 3. The van der Waals surface area contributed by atoms with Crippen LogP contribution in [0.4, 0.5) is 0 Å². The summed E-state index contributed by atoms with van der Waals surface area (Å²) < 4.78 is 8.33. The van der Waals surface area contributed by atoms with E-state index in [0.717, 1.165) is 12.8 Å². The summed E-state index contributed by atoms with van der Waals surface area (Å²) in [6, 6.07) is 0. The van der Waals surface area contributed by atoms with Crippen LogP contribution in [0.5, 0.6) is 0 Å². The largest absolute Gasteiger partial charge is 0.394 e. The van der Waals surface area contributed by atoms with Crippen LogP contribution in [0.1, 0.15) is 18.4 Å². The Hall–Kier alpha value is -1.40. The topological polar surface area (TPSA) is 73.5 Å². The van der Waals surface area contributed by atoms with Gasteiger partial charge in [0.1, 0.15) is 6.67 Å². The maximum atomic E-state index is 11.8. The van der Waals surface area contributed by atoms with Crippen molar-refractivity contribution in [2.24, 2.45) is 0 Å². The Balaban J connectivity index is 1.78. The van der Waals surface area contributed by atoms with Gasteiger partial charge >= 0.3 is 5.69 Å². The highest BCUT2D eigenvalue weighted by Crippen LogP contribution is 2.21. The lowest BCUT2D eigenvalue weighted by molar-refractivity contribution is 0.0119. The van der Waals surface area contributed by atoms with Gasteiger partial charge in [-0.3, -0.25) is 9.36 Å². The molecule has 0 spiro atoms. The minimum atomic E-state index is -0.237. The first-order chi connectivity index (χ1) is 8.19. The first-order valence-electron chi connectivity index (χ1n) is 5.78. The van der Waals surface area contributed by atoms with Crippen LogP contribution in [0.3, 0.4) is 0 Å². The van der Waals surface area contributed by atoms with Crippen molar-refractivity contribution in [1.82, 2.24) is 9.13 Å². The third-order valence-electron chi connectivity index (χ3n) is 3.45. The predicted molar refractivity (Wildman–Crippen MR) is 59.0 cm³/mol. The molecule has 1 saturated heterocycles. The first kappa shape index (κ1) is 10.7. The van der Waals surface area contributed by atoms with Crippen molar-refractivity contribution in [3.63, 3.8) is 0 Å². The molecule has 92 valence electrons. The van der Waals surface area contributed by atoms with Crippen LogP contribution in [0.2, 0.25) is 0 Å². The number of aliphatic hydroxyl groups is 1. The zero-order valence-electron chi connectivity index (χ0n) is 9.33. The zero-order valence-corrected chi connectivity index (χ0v) is 9.33. The number of hydrogen-bond acceptors (Lipinski definition) is 4. The monoisotopic (exact) mass is 238 g/mol. The smallest absolute Gasteiger partial charge is 0.334 e. The Bertz CT molecular complexity index is 560. The predicted octanol–water partition coefficient (Wildman–Crippen LogP) is -1.09. The van der Waals surface area contributed by atoms with Gasteiger partial charge < -0.3 is 9.84 Å². The van der Waals surface area contributed by atoms with E-state index in [1.54, 1.807) is 6.20 Å². The minimum Gasteiger partial charge on any atom is -0.394 e. The van der Waals surface area contributed by atoms with Gasteiger partial charge in [0.15, 0.2) is 0 Å². The van der Waals surface area contributed by atoms with Crippen LogP contribution < -0.4 is 11.2 Å². The Kier molecular flexibility index (Phi) is 2.41. The second-order valence-corrected chi connectivity index (χ2v) is 4.63. The van der Waals surface area contributed by atoms with Crippen molar-refractivity contribution >= 4 is 0 Å². The van der Waals surface area contributed by atoms with E-state index >= 15 is 0 Å². The molecule has 1 unspecified atom stereocenters. The van der Waals surface area contributed by atoms with Gasteiger partial charge in [-0.05, 0) is 12.8 Å². The third kappa shape index (κ3) is 1.64. The maximum absolute atomic E-state index is 11.8. The molecule has 4 rings (SSSR count). The van der Waals surface area contributed by atoms with Crippen molar-refractivity contribution in [2.45, 2.75) is 38.1 Å². The molecular formula is C11H14N2O4. The standard InChI is InChI=1S/C11H14N2O4/c14-5-9-2-1-8(17-9)3-7-4-12-6-13(10(7)15)11(12)16/h4,8-9,14H,1-3,5-6H2/t8-,9?/m0/s1. The highest BCUT2D eigenvalue weighted by atomic mass is 16.5. The fourth-order valence-corrected chi connectivity index (χ4v) is 2.46. The molecule has 2 bridgehead atoms. The van der Waals surface area contributed by atoms with Crippen LogP contribution in [0, 0.1) is 0 Å². The lowest BCUT2D eigenvalue weighted by Gasteiger charge is -2.21. The zero-order chi connectivity index (χ0) is 12.0. The summed E-state index contributed by atoms with van der Waals surface area (Å²) in [4.78, 5) is 23.1. The van der Waals surface area contributed by atoms with Crippen LogP contribution in [0.25, 0.3) is 0 Å². The number of ether oxygens (including phenoxy) is 1. The molecule has 17 heavy (non-hydrogen) atoms. The molecule has 3 aliphatic rings. The molecule has 0 amide bonds. The van der Waals surface area contributed by atoms with Gasteiger partial charge in [-0.15, -0.1) is 0 Å². The average Bonchev–Trinajstić information content (AvgIpc) is 2.78. The van der Waals surface area contributed by atoms with Gasteiger partial charge in [0.2, 0.25) is 0 Å². The number of aliphatic hydroxyl groups excluding tert-OH is 1. The van der Waals surface area contributed by atoms with E-state index in [9.17, 15) is 9.59 Å². The summed E-state index contributed by atoms with van der Waals surface area (Å²) in [7, 11) is 0. The van der Waals surface area contributed by atoms with Crippen molar-refractivity contribution in [3.05, 3.63) is 32.6 Å². The van der Waals surface area contributed by atoms with Gasteiger partial charge in [-0.25, -0.2) is 9.36 Å². The molecule has 3 aliphatic heterocycles. The maximum Gasteiger partial charge on any atom is 0.334 e. The summed E-state index contributed by atoms with van der Waals surface area (Å²) >= 11 is 0. The Morgan fingerprint density at radius 2 is 2.12 bits per heavy atom. The minimum absolute atomic E-state index is 0.0163. The number of fused-ring (bicyclic) bond motifs is 2. The molecule has 6 heteroatoms. The summed E-state index contributed by atoms with van der Waals surface area (Å²) in [6.45, 7) is 0.409. The summed E-state index contributed by atoms with van der Waals surface area (Å²) in [6.07, 6.45) is 3.71. The summed E-state index contributed by atoms with van der Waals surface area (Å²) in [5.41, 5.74) is 0.187. The fourth-order valence-electron chi connectivity index (χ4n) is 2.46. The Labute approximate surface area is 97.1 Å². The van der Waals surface area contributed by atoms with Gasteiger partial charge in [-0.1, -0.05) is 0 Å². The van der Waals surface area contributed by atoms with Crippen molar-refractivity contribution < 1.29 is 9.84 Å². The molecule has 1 aromatic rings. The summed E-state index contributed by atoms with van der Waals surface area (Å²) in [5.74, 6) is 0. The van der Waals surface area contributed by atoms with E-state index in [1.165, 1.54) is 9.13 Å². The highest BCUT2D eigenvalue weighted by Gasteiger charge is 2.27. The summed E-state index contributed by atoms with van der Waals surface area (Å²) in [5, 5.41) is 8.96. The van der Waals surface area contributed by atoms with Gasteiger partial charge in [-0.2, -0.15) is 0 Å². The van der Waals surface area contributed by atoms with Crippen molar-refractivity contribution in [2.75, 3.05) is 6.61 Å². The number of hydrogen-bond donors (Lipinski definition) is 1. The highest BCUT2D eigenvalue weighted by molar-refractivity contribution is 5.11. The van der Waals surface area contributed by atoms with Crippen LogP contribution in [0.15, 0.2) is 15.8 Å². The van der Waals surface area contributed by atoms with Crippen LogP contribution in [-0.2, 0) is 17.8 Å². The SMILES string of the molecule is O=c1c(C[C@@H]2CCC(CO)O2)cn2c(=O)n1C2. The lowest BCUT2D eigenvalue weighted by atomic mass is 10.1. The van der Waals surface area contributed by atoms with E-state index in [4.69, 9.17) is 9.84 Å². The van der Waals surface area contributed by atoms with Crippen molar-refractivity contribution in [1.29, 1.82) is 0 Å². The van der Waals surface area contributed by atoms with Crippen molar-refractivity contribution in [3.8, 4) is 0 Å². The number of nitrogens with zero attached hydrogens (tertiary/aromatic N) is 2. The quantitative estimate of drug-likeness (QED) is 0.737. The second kappa shape index (κ2) is 3.82. The third-order valence-corrected chi connectivity index (χ3v) is 3.45. The molecule has 4 heterocycles. The Morgan fingerprint density at radius 1 is 1.35 bits per heavy atom. The second-order valence-electron chi connectivity index (χ2n) is 4.63. The van der Waals surface area contributed by atoms with E-state index in [0.29, 0.717) is 18.7 Å². The van der Waals surface area contributed by atoms with E-state index in [-0.39, 0.29) is 30.1 Å². The lowest BCUT2D eigenvalue weighted by Crippen LogP contribution is -2.53. The molecule has 1 fully saturated rings. The molecule has 2 atom stereocenters. The molecule has 1 N–H and O–H groups in total. The van der Waals surface area contributed by atoms with Crippen LogP contribution >= 0.6 is 0 Å². The molecule has 6 nitrogen and oxygen atoms in total. The number of aromatic nitrogens is 2. The molecular weight excluding hydrogens is 224 g/mol. The Morgan fingerprint density at radius 3 is 2.71 bits per heavy atom. The molecule has 0 aromatic carbocycles. The van der Waals surface area contributed by atoms with E-state index < -0.39 is 0 Å². The molecule has 0 aliphatic carbocycles. The molecule has 1 aromatic heterocycles. The fraction of sp³-hybridized carbons (Fsp3) is 0.636. The first-order valence-corrected chi connectivity index (χ1v) is 5.78. The van der Waals surface area contributed by atoms with E-state index in [2.05, 4.69) is 0 Å². The normalized spacial score (nSPS) is 25.9. The van der Waals surface area contributed by atoms with E-state index in [1.807, 2.05) is 0 Å². The molecule has 0 radical (unpaired) electrons. The van der Waals surface area contributed by atoms with Gasteiger partial charge in [0.25, 0.3) is 5.56 Å². The van der Waals surface area contributed by atoms with Gasteiger partial charge in [0, 0.05) is 18.2 Å². The van der Waals surface area contributed by atoms with Gasteiger partial charge in [0.05, 0.1) is 18.8 Å².